The van der Waals surface area contributed by atoms with Gasteiger partial charge in [-0.25, -0.2) is 0 Å². The van der Waals surface area contributed by atoms with Crippen molar-refractivity contribution in [1.29, 1.82) is 0 Å². The molecule has 0 aliphatic rings. The lowest BCUT2D eigenvalue weighted by Crippen LogP contribution is -2.19. The van der Waals surface area contributed by atoms with Crippen molar-refractivity contribution in [3.05, 3.63) is 29.1 Å². The van der Waals surface area contributed by atoms with Crippen LogP contribution in [0.3, 0.4) is 0 Å². The van der Waals surface area contributed by atoms with E-state index in [9.17, 15) is 0 Å². The van der Waals surface area contributed by atoms with Gasteiger partial charge in [0.05, 0.1) is 6.61 Å². The Morgan fingerprint density at radius 2 is 2.12 bits per heavy atom. The zero-order chi connectivity index (χ0) is 12.0. The number of rotatable bonds is 6. The Kier molecular flexibility index (Phi) is 5.43. The molecule has 0 saturated heterocycles. The summed E-state index contributed by atoms with van der Waals surface area (Å²) in [7, 11) is 1.71. The van der Waals surface area contributed by atoms with E-state index in [0.29, 0.717) is 5.92 Å². The molecule has 16 heavy (non-hydrogen) atoms. The van der Waals surface area contributed by atoms with Gasteiger partial charge in [0.2, 0.25) is 0 Å². The van der Waals surface area contributed by atoms with E-state index in [4.69, 9.17) is 4.74 Å². The van der Waals surface area contributed by atoms with Crippen LogP contribution in [0, 0.1) is 6.92 Å². The van der Waals surface area contributed by atoms with Crippen molar-refractivity contribution in [2.45, 2.75) is 33.2 Å². The zero-order valence-corrected chi connectivity index (χ0v) is 10.7. The molecule has 0 aromatic carbocycles. The fourth-order valence-electron chi connectivity index (χ4n) is 1.51. The fraction of sp³-hybridized carbons (Fsp3) is 0.615. The van der Waals surface area contributed by atoms with Crippen LogP contribution < -0.4 is 5.32 Å². The van der Waals surface area contributed by atoms with Crippen LogP contribution in [0.15, 0.2) is 12.1 Å². The molecule has 1 aromatic heterocycles. The minimum atomic E-state index is 0.495. The third-order valence-corrected chi connectivity index (χ3v) is 2.61. The van der Waals surface area contributed by atoms with E-state index in [1.54, 1.807) is 7.11 Å². The highest BCUT2D eigenvalue weighted by atomic mass is 16.5. The first-order chi connectivity index (χ1) is 7.65. The third kappa shape index (κ3) is 3.91. The Bertz CT molecular complexity index is 324. The van der Waals surface area contributed by atoms with E-state index < -0.39 is 0 Å². The molecule has 0 bridgehead atoms. The normalized spacial score (nSPS) is 11.1. The van der Waals surface area contributed by atoms with Gasteiger partial charge in [0.25, 0.3) is 0 Å². The maximum atomic E-state index is 4.98. The number of hydrogen-bond donors (Lipinski definition) is 1. The maximum Gasteiger partial charge on any atom is 0.0587 e. The monoisotopic (exact) mass is 222 g/mol. The van der Waals surface area contributed by atoms with E-state index in [1.165, 1.54) is 5.56 Å². The van der Waals surface area contributed by atoms with Crippen LogP contribution >= 0.6 is 0 Å². The van der Waals surface area contributed by atoms with E-state index in [1.807, 2.05) is 0 Å². The average Bonchev–Trinajstić information content (AvgIpc) is 2.26. The van der Waals surface area contributed by atoms with Crippen molar-refractivity contribution in [2.24, 2.45) is 0 Å². The second-order valence-corrected chi connectivity index (χ2v) is 4.30. The van der Waals surface area contributed by atoms with Gasteiger partial charge in [-0.3, -0.25) is 4.98 Å². The molecule has 0 amide bonds. The number of aromatic nitrogens is 1. The van der Waals surface area contributed by atoms with Crippen molar-refractivity contribution in [3.8, 4) is 0 Å². The topological polar surface area (TPSA) is 34.1 Å². The summed E-state index contributed by atoms with van der Waals surface area (Å²) in [6.45, 7) is 8.88. The first-order valence-electron chi connectivity index (χ1n) is 5.81. The lowest BCUT2D eigenvalue weighted by atomic mass is 10.1. The summed E-state index contributed by atoms with van der Waals surface area (Å²) in [5.41, 5.74) is 3.55. The van der Waals surface area contributed by atoms with Crippen molar-refractivity contribution < 1.29 is 4.74 Å². The van der Waals surface area contributed by atoms with Crippen LogP contribution in [0.5, 0.6) is 0 Å². The summed E-state index contributed by atoms with van der Waals surface area (Å²) in [5, 5.41) is 3.33. The van der Waals surface area contributed by atoms with E-state index in [2.05, 4.69) is 43.2 Å². The second-order valence-electron chi connectivity index (χ2n) is 4.30. The number of hydrogen-bond acceptors (Lipinski definition) is 3. The summed E-state index contributed by atoms with van der Waals surface area (Å²) in [6, 6.07) is 4.28. The summed E-state index contributed by atoms with van der Waals surface area (Å²) in [5.74, 6) is 0.495. The van der Waals surface area contributed by atoms with Crippen molar-refractivity contribution >= 4 is 0 Å². The summed E-state index contributed by atoms with van der Waals surface area (Å²) in [4.78, 5) is 4.60. The van der Waals surface area contributed by atoms with Crippen molar-refractivity contribution in [1.82, 2.24) is 10.3 Å². The van der Waals surface area contributed by atoms with Gasteiger partial charge in [-0.1, -0.05) is 19.9 Å². The molecule has 90 valence electrons. The number of pyridine rings is 1. The van der Waals surface area contributed by atoms with Crippen LogP contribution in [0.25, 0.3) is 0 Å². The van der Waals surface area contributed by atoms with E-state index in [0.717, 1.165) is 31.1 Å². The summed E-state index contributed by atoms with van der Waals surface area (Å²) in [6.07, 6.45) is 0. The van der Waals surface area contributed by atoms with Gasteiger partial charge < -0.3 is 10.1 Å². The van der Waals surface area contributed by atoms with Crippen LogP contribution in [0.4, 0.5) is 0 Å². The van der Waals surface area contributed by atoms with E-state index in [-0.39, 0.29) is 0 Å². The Hall–Kier alpha value is -0.930. The first kappa shape index (κ1) is 13.1. The third-order valence-electron chi connectivity index (χ3n) is 2.61. The summed E-state index contributed by atoms with van der Waals surface area (Å²) < 4.78 is 4.98. The van der Waals surface area contributed by atoms with Gasteiger partial charge >= 0.3 is 0 Å². The standard InChI is InChI=1S/C13H22N2O/c1-10(2)13-6-5-12(11(3)15-13)9-14-7-8-16-4/h5-6,10,14H,7-9H2,1-4H3. The number of ether oxygens (including phenoxy) is 1. The highest BCUT2D eigenvalue weighted by molar-refractivity contribution is 5.23. The highest BCUT2D eigenvalue weighted by Crippen LogP contribution is 2.14. The van der Waals surface area contributed by atoms with E-state index >= 15 is 0 Å². The van der Waals surface area contributed by atoms with Crippen molar-refractivity contribution in [3.63, 3.8) is 0 Å². The van der Waals surface area contributed by atoms with Crippen molar-refractivity contribution in [2.75, 3.05) is 20.3 Å². The molecule has 0 aliphatic carbocycles. The molecule has 3 heteroatoms. The average molecular weight is 222 g/mol. The van der Waals surface area contributed by atoms with Gasteiger partial charge in [0.15, 0.2) is 0 Å². The van der Waals surface area contributed by atoms with Gasteiger partial charge in [0.1, 0.15) is 0 Å². The molecule has 0 atom stereocenters. The van der Waals surface area contributed by atoms with Gasteiger partial charge in [0, 0.05) is 31.6 Å². The van der Waals surface area contributed by atoms with Gasteiger partial charge in [-0.15, -0.1) is 0 Å². The van der Waals surface area contributed by atoms with Crippen LogP contribution in [-0.4, -0.2) is 25.2 Å². The Balaban J connectivity index is 2.54. The lowest BCUT2D eigenvalue weighted by molar-refractivity contribution is 0.199. The quantitative estimate of drug-likeness (QED) is 0.750. The summed E-state index contributed by atoms with van der Waals surface area (Å²) >= 11 is 0. The number of aryl methyl sites for hydroxylation is 1. The largest absolute Gasteiger partial charge is 0.383 e. The molecule has 1 aromatic rings. The molecule has 1 N–H and O–H groups in total. The second kappa shape index (κ2) is 6.61. The Morgan fingerprint density at radius 1 is 1.38 bits per heavy atom. The van der Waals surface area contributed by atoms with Gasteiger partial charge in [-0.05, 0) is 24.5 Å². The van der Waals surface area contributed by atoms with Crippen LogP contribution in [0.2, 0.25) is 0 Å². The lowest BCUT2D eigenvalue weighted by Gasteiger charge is -2.10. The van der Waals surface area contributed by atoms with Crippen LogP contribution in [0.1, 0.15) is 36.7 Å². The van der Waals surface area contributed by atoms with Gasteiger partial charge in [-0.2, -0.15) is 0 Å². The predicted molar refractivity (Wildman–Crippen MR) is 66.6 cm³/mol. The smallest absolute Gasteiger partial charge is 0.0587 e. The molecule has 0 fully saturated rings. The molecule has 0 aliphatic heterocycles. The number of nitrogens with one attached hydrogen (secondary N) is 1. The molecule has 3 nitrogen and oxygen atoms in total. The molecule has 0 radical (unpaired) electrons. The predicted octanol–water partition coefficient (Wildman–Crippen LogP) is 2.25. The molecular weight excluding hydrogens is 200 g/mol. The molecule has 0 spiro atoms. The molecule has 0 saturated carbocycles. The molecule has 0 unspecified atom stereocenters. The first-order valence-corrected chi connectivity index (χ1v) is 5.81. The molecular formula is C13H22N2O. The Labute approximate surface area is 98.2 Å². The maximum absolute atomic E-state index is 4.98. The number of methoxy groups -OCH3 is 1. The zero-order valence-electron chi connectivity index (χ0n) is 10.7. The SMILES string of the molecule is COCCNCc1ccc(C(C)C)nc1C. The fourth-order valence-corrected chi connectivity index (χ4v) is 1.51. The Morgan fingerprint density at radius 3 is 2.69 bits per heavy atom. The molecule has 1 heterocycles. The highest BCUT2D eigenvalue weighted by Gasteiger charge is 2.04. The minimum absolute atomic E-state index is 0.495. The molecule has 1 rings (SSSR count). The number of nitrogens with zero attached hydrogens (tertiary/aromatic N) is 1. The minimum Gasteiger partial charge on any atom is -0.383 e. The van der Waals surface area contributed by atoms with Crippen LogP contribution in [-0.2, 0) is 11.3 Å².